The highest BCUT2D eigenvalue weighted by Crippen LogP contribution is 2.29. The normalized spacial score (nSPS) is 13.2. The Morgan fingerprint density at radius 1 is 1.44 bits per heavy atom. The molecule has 0 heterocycles. The summed E-state index contributed by atoms with van der Waals surface area (Å²) >= 11 is 3.18. The Bertz CT molecular complexity index is 368. The van der Waals surface area contributed by atoms with Gasteiger partial charge in [-0.2, -0.15) is 0 Å². The van der Waals surface area contributed by atoms with Crippen LogP contribution in [0.25, 0.3) is 0 Å². The average molecular weight is 290 g/mol. The first-order chi connectivity index (χ1) is 7.47. The monoisotopic (exact) mass is 289 g/mol. The zero-order valence-corrected chi connectivity index (χ0v) is 11.3. The van der Waals surface area contributed by atoms with Crippen molar-refractivity contribution in [2.75, 3.05) is 13.6 Å². The largest absolute Gasteiger partial charge is 0.387 e. The van der Waals surface area contributed by atoms with Gasteiger partial charge in [0.25, 0.3) is 0 Å². The summed E-state index contributed by atoms with van der Waals surface area (Å²) in [5.74, 6) is -0.0791. The summed E-state index contributed by atoms with van der Waals surface area (Å²) < 4.78 is 14.2. The van der Waals surface area contributed by atoms with E-state index in [0.717, 1.165) is 5.56 Å². The fourth-order valence-corrected chi connectivity index (χ4v) is 2.00. The molecule has 1 aromatic rings. The third-order valence-corrected chi connectivity index (χ3v) is 3.08. The molecule has 0 fully saturated rings. The maximum atomic E-state index is 13.8. The van der Waals surface area contributed by atoms with E-state index in [1.807, 2.05) is 13.8 Å². The molecule has 0 saturated carbocycles. The van der Waals surface area contributed by atoms with E-state index in [1.54, 1.807) is 19.2 Å². The zero-order chi connectivity index (χ0) is 12.3. The fourth-order valence-electron chi connectivity index (χ4n) is 1.51. The SMILES string of the molecule is CNCC(O)c1cc(C(C)C)cc(Br)c1F. The van der Waals surface area contributed by atoms with Crippen molar-refractivity contribution in [2.24, 2.45) is 0 Å². The summed E-state index contributed by atoms with van der Waals surface area (Å²) in [6.07, 6.45) is -0.819. The number of rotatable bonds is 4. The second kappa shape index (κ2) is 5.75. The third-order valence-electron chi connectivity index (χ3n) is 2.50. The zero-order valence-electron chi connectivity index (χ0n) is 9.72. The fraction of sp³-hybridized carbons (Fsp3) is 0.500. The van der Waals surface area contributed by atoms with Gasteiger partial charge in [-0.3, -0.25) is 0 Å². The molecule has 1 aromatic carbocycles. The first kappa shape index (κ1) is 13.6. The van der Waals surface area contributed by atoms with E-state index in [9.17, 15) is 9.50 Å². The Hall–Kier alpha value is -0.450. The van der Waals surface area contributed by atoms with Gasteiger partial charge in [-0.25, -0.2) is 4.39 Å². The van der Waals surface area contributed by atoms with Crippen molar-refractivity contribution in [3.63, 3.8) is 0 Å². The summed E-state index contributed by atoms with van der Waals surface area (Å²) in [5, 5.41) is 12.6. The molecule has 2 N–H and O–H groups in total. The van der Waals surface area contributed by atoms with E-state index < -0.39 is 6.10 Å². The van der Waals surface area contributed by atoms with Crippen LogP contribution in [0.1, 0.15) is 37.0 Å². The van der Waals surface area contributed by atoms with Crippen molar-refractivity contribution in [3.05, 3.63) is 33.5 Å². The molecule has 0 aliphatic rings. The molecule has 90 valence electrons. The van der Waals surface area contributed by atoms with Gasteiger partial charge < -0.3 is 10.4 Å². The summed E-state index contributed by atoms with van der Waals surface area (Å²) in [4.78, 5) is 0. The number of hydrogen-bond donors (Lipinski definition) is 2. The summed E-state index contributed by atoms with van der Waals surface area (Å²) in [6, 6.07) is 3.49. The van der Waals surface area contributed by atoms with Crippen molar-refractivity contribution in [3.8, 4) is 0 Å². The van der Waals surface area contributed by atoms with E-state index in [-0.39, 0.29) is 5.82 Å². The lowest BCUT2D eigenvalue weighted by molar-refractivity contribution is 0.172. The molecule has 0 aliphatic carbocycles. The Balaban J connectivity index is 3.16. The van der Waals surface area contributed by atoms with Crippen molar-refractivity contribution in [2.45, 2.75) is 25.9 Å². The molecule has 4 heteroatoms. The minimum atomic E-state index is -0.819. The van der Waals surface area contributed by atoms with Crippen LogP contribution in [0.5, 0.6) is 0 Å². The third kappa shape index (κ3) is 3.03. The van der Waals surface area contributed by atoms with Crippen LogP contribution in [0, 0.1) is 5.82 Å². The highest BCUT2D eigenvalue weighted by atomic mass is 79.9. The van der Waals surface area contributed by atoms with Gasteiger partial charge in [-0.15, -0.1) is 0 Å². The van der Waals surface area contributed by atoms with E-state index in [0.29, 0.717) is 22.5 Å². The molecule has 16 heavy (non-hydrogen) atoms. The van der Waals surface area contributed by atoms with Crippen LogP contribution >= 0.6 is 15.9 Å². The van der Waals surface area contributed by atoms with Crippen LogP contribution in [-0.4, -0.2) is 18.7 Å². The van der Waals surface area contributed by atoms with Crippen molar-refractivity contribution < 1.29 is 9.50 Å². The second-order valence-corrected chi connectivity index (χ2v) is 4.99. The predicted octanol–water partition coefficient (Wildman–Crippen LogP) is 2.96. The topological polar surface area (TPSA) is 32.3 Å². The molecule has 0 amide bonds. The molecule has 0 aliphatic heterocycles. The van der Waals surface area contributed by atoms with E-state index in [1.165, 1.54) is 0 Å². The molecule has 2 nitrogen and oxygen atoms in total. The minimum absolute atomic E-state index is 0.303. The molecule has 0 spiro atoms. The van der Waals surface area contributed by atoms with Gasteiger partial charge in [-0.1, -0.05) is 13.8 Å². The Morgan fingerprint density at radius 2 is 2.06 bits per heavy atom. The lowest BCUT2D eigenvalue weighted by Gasteiger charge is -2.15. The number of halogens is 2. The van der Waals surface area contributed by atoms with Crippen molar-refractivity contribution in [1.82, 2.24) is 5.32 Å². The molecule has 1 unspecified atom stereocenters. The van der Waals surface area contributed by atoms with Crippen LogP contribution in [0.15, 0.2) is 16.6 Å². The number of hydrogen-bond acceptors (Lipinski definition) is 2. The predicted molar refractivity (Wildman–Crippen MR) is 67.1 cm³/mol. The highest BCUT2D eigenvalue weighted by molar-refractivity contribution is 9.10. The van der Waals surface area contributed by atoms with Gasteiger partial charge in [0.05, 0.1) is 10.6 Å². The molecular formula is C12H17BrFNO. The molecular weight excluding hydrogens is 273 g/mol. The summed E-state index contributed by atoms with van der Waals surface area (Å²) in [5.41, 5.74) is 1.35. The number of aliphatic hydroxyl groups is 1. The molecule has 0 bridgehead atoms. The average Bonchev–Trinajstić information content (AvgIpc) is 2.21. The van der Waals surface area contributed by atoms with Crippen LogP contribution in [-0.2, 0) is 0 Å². The number of benzene rings is 1. The van der Waals surface area contributed by atoms with Gasteiger partial charge in [0.15, 0.2) is 0 Å². The molecule has 0 radical (unpaired) electrons. The number of likely N-dealkylation sites (N-methyl/N-ethyl adjacent to an activating group) is 1. The molecule has 1 atom stereocenters. The van der Waals surface area contributed by atoms with Gasteiger partial charge >= 0.3 is 0 Å². The van der Waals surface area contributed by atoms with Gasteiger partial charge in [-0.05, 0) is 46.6 Å². The maximum Gasteiger partial charge on any atom is 0.143 e. The van der Waals surface area contributed by atoms with E-state index in [4.69, 9.17) is 0 Å². The van der Waals surface area contributed by atoms with Crippen LogP contribution in [0.2, 0.25) is 0 Å². The number of nitrogens with one attached hydrogen (secondary N) is 1. The maximum absolute atomic E-state index is 13.8. The summed E-state index contributed by atoms with van der Waals surface area (Å²) in [7, 11) is 1.72. The van der Waals surface area contributed by atoms with Gasteiger partial charge in [0, 0.05) is 12.1 Å². The first-order valence-corrected chi connectivity index (χ1v) is 6.08. The van der Waals surface area contributed by atoms with Crippen LogP contribution < -0.4 is 5.32 Å². The Labute approximate surface area is 104 Å². The molecule has 1 rings (SSSR count). The lowest BCUT2D eigenvalue weighted by atomic mass is 9.98. The highest BCUT2D eigenvalue weighted by Gasteiger charge is 2.16. The van der Waals surface area contributed by atoms with E-state index >= 15 is 0 Å². The van der Waals surface area contributed by atoms with Crippen LogP contribution in [0.3, 0.4) is 0 Å². The second-order valence-electron chi connectivity index (χ2n) is 4.13. The van der Waals surface area contributed by atoms with Gasteiger partial charge in [0.1, 0.15) is 5.82 Å². The van der Waals surface area contributed by atoms with Crippen molar-refractivity contribution >= 4 is 15.9 Å². The first-order valence-electron chi connectivity index (χ1n) is 5.28. The lowest BCUT2D eigenvalue weighted by Crippen LogP contribution is -2.18. The smallest absolute Gasteiger partial charge is 0.143 e. The summed E-state index contributed by atoms with van der Waals surface area (Å²) in [6.45, 7) is 4.41. The van der Waals surface area contributed by atoms with Gasteiger partial charge in [0.2, 0.25) is 0 Å². The van der Waals surface area contributed by atoms with E-state index in [2.05, 4.69) is 21.2 Å². The molecule has 0 saturated heterocycles. The van der Waals surface area contributed by atoms with Crippen LogP contribution in [0.4, 0.5) is 4.39 Å². The number of aliphatic hydroxyl groups excluding tert-OH is 1. The Kier molecular flexibility index (Phi) is 4.89. The molecule has 0 aromatic heterocycles. The minimum Gasteiger partial charge on any atom is -0.387 e. The van der Waals surface area contributed by atoms with Crippen molar-refractivity contribution in [1.29, 1.82) is 0 Å². The quantitative estimate of drug-likeness (QED) is 0.893. The standard InChI is InChI=1S/C12H17BrFNO/c1-7(2)8-4-9(11(16)6-15-3)12(14)10(13)5-8/h4-5,7,11,15-16H,6H2,1-3H3. The Morgan fingerprint density at radius 3 is 2.56 bits per heavy atom.